The molecule has 0 unspecified atom stereocenters. The summed E-state index contributed by atoms with van der Waals surface area (Å²) < 4.78 is 12.9. The highest BCUT2D eigenvalue weighted by Gasteiger charge is 1.98. The van der Waals surface area contributed by atoms with E-state index in [0.29, 0.717) is 12.1 Å². The molecule has 0 aliphatic rings. The van der Waals surface area contributed by atoms with Gasteiger partial charge in [-0.25, -0.2) is 4.39 Å². The molecule has 14 heavy (non-hydrogen) atoms. The minimum Gasteiger partial charge on any atom is -0.330 e. The van der Waals surface area contributed by atoms with Crippen molar-refractivity contribution in [3.8, 4) is 0 Å². The molecular weight excluding hydrogens is 179 g/mol. The first-order valence-electron chi connectivity index (χ1n) is 4.55. The number of hydrogen-bond acceptors (Lipinski definition) is 2. The van der Waals surface area contributed by atoms with Gasteiger partial charge in [-0.15, -0.1) is 0 Å². The van der Waals surface area contributed by atoms with Crippen LogP contribution >= 0.6 is 0 Å². The van der Waals surface area contributed by atoms with Gasteiger partial charge in [-0.05, 0) is 24.7 Å². The largest absolute Gasteiger partial charge is 0.330 e. The van der Waals surface area contributed by atoms with Gasteiger partial charge >= 0.3 is 0 Å². The average molecular weight is 190 g/mol. The maximum Gasteiger partial charge on any atom is 0.125 e. The third-order valence-corrected chi connectivity index (χ3v) is 2.11. The molecule has 0 saturated carbocycles. The highest BCUT2D eigenvalue weighted by atomic mass is 19.1. The molecule has 1 aromatic heterocycles. The summed E-state index contributed by atoms with van der Waals surface area (Å²) in [7, 11) is 0. The first-order chi connectivity index (χ1) is 6.79. The summed E-state index contributed by atoms with van der Waals surface area (Å²) in [6.45, 7) is 0.563. The summed E-state index contributed by atoms with van der Waals surface area (Å²) >= 11 is 0. The van der Waals surface area contributed by atoms with E-state index in [0.717, 1.165) is 17.5 Å². The summed E-state index contributed by atoms with van der Waals surface area (Å²) in [6, 6.07) is 8.46. The monoisotopic (exact) mass is 190 g/mol. The molecule has 0 atom stereocenters. The highest BCUT2D eigenvalue weighted by Crippen LogP contribution is 2.13. The van der Waals surface area contributed by atoms with Gasteiger partial charge in [0.05, 0.1) is 5.52 Å². The van der Waals surface area contributed by atoms with E-state index in [1.165, 1.54) is 12.1 Å². The minimum absolute atomic E-state index is 0.255. The molecule has 0 fully saturated rings. The van der Waals surface area contributed by atoms with Crippen molar-refractivity contribution in [2.45, 2.75) is 6.42 Å². The summed E-state index contributed by atoms with van der Waals surface area (Å²) in [6.07, 6.45) is 0.729. The average Bonchev–Trinajstić information content (AvgIpc) is 2.17. The molecule has 0 aliphatic carbocycles. The van der Waals surface area contributed by atoms with Gasteiger partial charge in [-0.1, -0.05) is 6.07 Å². The third kappa shape index (κ3) is 1.72. The Morgan fingerprint density at radius 3 is 2.79 bits per heavy atom. The van der Waals surface area contributed by atoms with Crippen LogP contribution in [-0.2, 0) is 6.42 Å². The number of pyridine rings is 1. The van der Waals surface area contributed by atoms with Crippen LogP contribution in [-0.4, -0.2) is 11.5 Å². The van der Waals surface area contributed by atoms with Crippen LogP contribution in [0, 0.1) is 5.82 Å². The molecule has 72 valence electrons. The van der Waals surface area contributed by atoms with Crippen LogP contribution in [0.3, 0.4) is 0 Å². The van der Waals surface area contributed by atoms with Crippen LogP contribution in [0.15, 0.2) is 30.3 Å². The molecule has 0 aliphatic heterocycles. The summed E-state index contributed by atoms with van der Waals surface area (Å²) in [5, 5.41) is 0.951. The predicted octanol–water partition coefficient (Wildman–Crippen LogP) is 1.88. The molecule has 2 nitrogen and oxygen atoms in total. The van der Waals surface area contributed by atoms with Gasteiger partial charge in [0, 0.05) is 23.6 Å². The smallest absolute Gasteiger partial charge is 0.125 e. The number of benzene rings is 1. The molecule has 0 spiro atoms. The zero-order valence-corrected chi connectivity index (χ0v) is 7.70. The summed E-state index contributed by atoms with van der Waals surface area (Å²) in [5.41, 5.74) is 7.02. The van der Waals surface area contributed by atoms with Gasteiger partial charge in [0.15, 0.2) is 0 Å². The number of rotatable bonds is 2. The van der Waals surface area contributed by atoms with Gasteiger partial charge in [-0.2, -0.15) is 0 Å². The summed E-state index contributed by atoms with van der Waals surface area (Å²) in [4.78, 5) is 4.31. The Labute approximate surface area is 81.6 Å². The van der Waals surface area contributed by atoms with E-state index in [1.807, 2.05) is 12.1 Å². The number of fused-ring (bicyclic) bond motifs is 1. The van der Waals surface area contributed by atoms with Crippen LogP contribution in [0.5, 0.6) is 0 Å². The number of hydrogen-bond donors (Lipinski definition) is 1. The normalized spacial score (nSPS) is 10.7. The molecular formula is C11H11FN2. The van der Waals surface area contributed by atoms with Gasteiger partial charge in [0.25, 0.3) is 0 Å². The second-order valence-electron chi connectivity index (χ2n) is 3.18. The molecule has 2 aromatic rings. The van der Waals surface area contributed by atoms with Crippen molar-refractivity contribution in [3.63, 3.8) is 0 Å². The SMILES string of the molecule is NCCc1ccc2ccc(F)cc2n1. The van der Waals surface area contributed by atoms with Crippen molar-refractivity contribution in [1.82, 2.24) is 4.98 Å². The number of nitrogens with two attached hydrogens (primary N) is 1. The van der Waals surface area contributed by atoms with Crippen molar-refractivity contribution >= 4 is 10.9 Å². The van der Waals surface area contributed by atoms with E-state index in [1.54, 1.807) is 6.07 Å². The van der Waals surface area contributed by atoms with E-state index < -0.39 is 0 Å². The van der Waals surface area contributed by atoms with Crippen molar-refractivity contribution in [1.29, 1.82) is 0 Å². The fourth-order valence-corrected chi connectivity index (χ4v) is 1.42. The Balaban J connectivity index is 2.52. The second-order valence-corrected chi connectivity index (χ2v) is 3.18. The van der Waals surface area contributed by atoms with E-state index in [2.05, 4.69) is 4.98 Å². The third-order valence-electron chi connectivity index (χ3n) is 2.11. The topological polar surface area (TPSA) is 38.9 Å². The number of aromatic nitrogens is 1. The van der Waals surface area contributed by atoms with Crippen LogP contribution in [0.4, 0.5) is 4.39 Å². The zero-order chi connectivity index (χ0) is 9.97. The lowest BCUT2D eigenvalue weighted by atomic mass is 10.2. The van der Waals surface area contributed by atoms with Crippen LogP contribution < -0.4 is 5.73 Å². The lowest BCUT2D eigenvalue weighted by molar-refractivity contribution is 0.629. The molecule has 0 bridgehead atoms. The van der Waals surface area contributed by atoms with Crippen molar-refractivity contribution < 1.29 is 4.39 Å². The minimum atomic E-state index is -0.255. The highest BCUT2D eigenvalue weighted by molar-refractivity contribution is 5.78. The first-order valence-corrected chi connectivity index (χ1v) is 4.55. The quantitative estimate of drug-likeness (QED) is 0.785. The fraction of sp³-hybridized carbons (Fsp3) is 0.182. The summed E-state index contributed by atoms with van der Waals surface area (Å²) in [5.74, 6) is -0.255. The molecule has 0 radical (unpaired) electrons. The number of halogens is 1. The fourth-order valence-electron chi connectivity index (χ4n) is 1.42. The standard InChI is InChI=1S/C11H11FN2/c12-9-3-1-8-2-4-10(5-6-13)14-11(8)7-9/h1-4,7H,5-6,13H2. The lowest BCUT2D eigenvalue weighted by Crippen LogP contribution is -2.04. The lowest BCUT2D eigenvalue weighted by Gasteiger charge is -2.01. The zero-order valence-electron chi connectivity index (χ0n) is 7.70. The Bertz CT molecular complexity index is 454. The van der Waals surface area contributed by atoms with Crippen LogP contribution in [0.1, 0.15) is 5.69 Å². The van der Waals surface area contributed by atoms with E-state index in [9.17, 15) is 4.39 Å². The van der Waals surface area contributed by atoms with Gasteiger partial charge in [0.1, 0.15) is 5.82 Å². The maximum atomic E-state index is 12.9. The van der Waals surface area contributed by atoms with Crippen molar-refractivity contribution in [2.24, 2.45) is 5.73 Å². The Hall–Kier alpha value is -1.48. The molecule has 2 rings (SSSR count). The van der Waals surface area contributed by atoms with Gasteiger partial charge in [0.2, 0.25) is 0 Å². The Kier molecular flexibility index (Phi) is 2.41. The van der Waals surface area contributed by atoms with E-state index in [-0.39, 0.29) is 5.82 Å². The molecule has 2 N–H and O–H groups in total. The predicted molar refractivity (Wildman–Crippen MR) is 54.5 cm³/mol. The van der Waals surface area contributed by atoms with Crippen molar-refractivity contribution in [3.05, 3.63) is 41.8 Å². The molecule has 1 heterocycles. The second kappa shape index (κ2) is 3.72. The van der Waals surface area contributed by atoms with Crippen molar-refractivity contribution in [2.75, 3.05) is 6.54 Å². The van der Waals surface area contributed by atoms with Crippen LogP contribution in [0.2, 0.25) is 0 Å². The Morgan fingerprint density at radius 2 is 2.00 bits per heavy atom. The van der Waals surface area contributed by atoms with E-state index in [4.69, 9.17) is 5.73 Å². The van der Waals surface area contributed by atoms with E-state index >= 15 is 0 Å². The maximum absolute atomic E-state index is 12.9. The molecule has 3 heteroatoms. The number of nitrogens with zero attached hydrogens (tertiary/aromatic N) is 1. The van der Waals surface area contributed by atoms with Gasteiger partial charge in [-0.3, -0.25) is 4.98 Å². The van der Waals surface area contributed by atoms with Crippen LogP contribution in [0.25, 0.3) is 10.9 Å². The molecule has 0 saturated heterocycles. The molecule has 0 amide bonds. The molecule has 1 aromatic carbocycles. The first kappa shape index (κ1) is 9.09. The van der Waals surface area contributed by atoms with Gasteiger partial charge < -0.3 is 5.73 Å². The Morgan fingerprint density at radius 1 is 1.21 bits per heavy atom.